The third kappa shape index (κ3) is 5.53. The smallest absolute Gasteiger partial charge is 0.0746 e. The predicted octanol–water partition coefficient (Wildman–Crippen LogP) is 12.9. The van der Waals surface area contributed by atoms with Gasteiger partial charge in [0, 0.05) is 23.3 Å². The molecule has 1 aliphatic heterocycles. The largest absolute Gasteiger partial charge is 0.252 e. The van der Waals surface area contributed by atoms with Gasteiger partial charge in [0.25, 0.3) is 0 Å². The van der Waals surface area contributed by atoms with Crippen LogP contribution in [0.15, 0.2) is 187 Å². The molecule has 1 nitrogen and oxygen atoms in total. The number of aliphatic imine (C=N–C) groups is 1. The average Bonchev–Trinajstić information content (AvgIpc) is 3.24. The topological polar surface area (TPSA) is 12.4 Å². The molecule has 9 rings (SSSR count). The lowest BCUT2D eigenvalue weighted by atomic mass is 9.87. The highest BCUT2D eigenvalue weighted by molar-refractivity contribution is 6.10. The van der Waals surface area contributed by atoms with Gasteiger partial charge in [0.05, 0.1) is 5.70 Å². The molecule has 0 bridgehead atoms. The van der Waals surface area contributed by atoms with E-state index in [-0.39, 0.29) is 0 Å². The molecule has 8 aromatic carbocycles. The molecule has 0 aromatic heterocycles. The second kappa shape index (κ2) is 12.6. The molecule has 1 heteroatoms. The van der Waals surface area contributed by atoms with Crippen LogP contribution in [0, 0.1) is 0 Å². The normalized spacial score (nSPS) is 14.3. The molecule has 0 N–H and O–H groups in total. The molecule has 236 valence electrons. The van der Waals surface area contributed by atoms with Crippen molar-refractivity contribution in [1.29, 1.82) is 0 Å². The summed E-state index contributed by atoms with van der Waals surface area (Å²) >= 11 is 0. The van der Waals surface area contributed by atoms with E-state index < -0.39 is 0 Å². The van der Waals surface area contributed by atoms with E-state index in [2.05, 4.69) is 189 Å². The Labute approximate surface area is 293 Å². The van der Waals surface area contributed by atoms with Crippen LogP contribution in [0.25, 0.3) is 66.2 Å². The van der Waals surface area contributed by atoms with Crippen molar-refractivity contribution < 1.29 is 0 Å². The highest BCUT2D eigenvalue weighted by atomic mass is 14.8. The number of allylic oxidation sites excluding steroid dienone is 1. The van der Waals surface area contributed by atoms with Gasteiger partial charge in [-0.1, -0.05) is 158 Å². The first kappa shape index (κ1) is 29.8. The lowest BCUT2D eigenvalue weighted by Crippen LogP contribution is -1.99. The van der Waals surface area contributed by atoms with Crippen molar-refractivity contribution in [2.75, 3.05) is 0 Å². The van der Waals surface area contributed by atoms with Gasteiger partial charge in [-0.05, 0) is 103 Å². The van der Waals surface area contributed by atoms with Gasteiger partial charge in [0.1, 0.15) is 0 Å². The van der Waals surface area contributed by atoms with Crippen LogP contribution in [-0.2, 0) is 6.42 Å². The Morgan fingerprint density at radius 3 is 1.50 bits per heavy atom. The maximum atomic E-state index is 5.40. The van der Waals surface area contributed by atoms with Gasteiger partial charge in [-0.2, -0.15) is 0 Å². The molecule has 0 fully saturated rings. The average molecular weight is 638 g/mol. The van der Waals surface area contributed by atoms with Crippen LogP contribution in [0.5, 0.6) is 0 Å². The fourth-order valence-electron chi connectivity index (χ4n) is 7.45. The van der Waals surface area contributed by atoms with Crippen molar-refractivity contribution in [1.82, 2.24) is 0 Å². The van der Waals surface area contributed by atoms with Crippen LogP contribution in [0.2, 0.25) is 0 Å². The van der Waals surface area contributed by atoms with E-state index in [9.17, 15) is 0 Å². The summed E-state index contributed by atoms with van der Waals surface area (Å²) in [5.74, 6) is 0. The van der Waals surface area contributed by atoms with E-state index in [0.29, 0.717) is 0 Å². The van der Waals surface area contributed by atoms with Gasteiger partial charge in [-0.25, -0.2) is 0 Å². The first-order chi connectivity index (χ1) is 24.7. The second-order valence-electron chi connectivity index (χ2n) is 13.2. The summed E-state index contributed by atoms with van der Waals surface area (Å²) in [5, 5.41) is 5.01. The molecule has 0 aliphatic carbocycles. The minimum Gasteiger partial charge on any atom is -0.252 e. The zero-order chi connectivity index (χ0) is 33.4. The Bertz CT molecular complexity index is 2610. The molecule has 8 aromatic rings. The quantitative estimate of drug-likeness (QED) is 0.182. The van der Waals surface area contributed by atoms with Crippen LogP contribution >= 0.6 is 0 Å². The third-order valence-corrected chi connectivity index (χ3v) is 10.1. The molecule has 0 radical (unpaired) electrons. The molecule has 0 spiro atoms. The van der Waals surface area contributed by atoms with Crippen LogP contribution < -0.4 is 0 Å². The van der Waals surface area contributed by atoms with Gasteiger partial charge < -0.3 is 0 Å². The van der Waals surface area contributed by atoms with Crippen molar-refractivity contribution in [3.05, 3.63) is 204 Å². The van der Waals surface area contributed by atoms with Crippen molar-refractivity contribution in [2.24, 2.45) is 4.99 Å². The van der Waals surface area contributed by atoms with Gasteiger partial charge in [-0.15, -0.1) is 0 Å². The molecular formula is C49H35N. The number of benzene rings is 8. The Kier molecular flexibility index (Phi) is 7.52. The second-order valence-corrected chi connectivity index (χ2v) is 13.2. The zero-order valence-electron chi connectivity index (χ0n) is 28.0. The lowest BCUT2D eigenvalue weighted by molar-refractivity contribution is 1.27. The number of nitrogens with zero attached hydrogens (tertiary/aromatic N) is 1. The lowest BCUT2D eigenvalue weighted by Gasteiger charge is -2.17. The molecule has 0 saturated carbocycles. The monoisotopic (exact) mass is 637 g/mol. The Balaban J connectivity index is 1.16. The molecule has 1 heterocycles. The van der Waals surface area contributed by atoms with Gasteiger partial charge in [-0.3, -0.25) is 4.99 Å². The molecule has 50 heavy (non-hydrogen) atoms. The molecule has 0 amide bonds. The minimum absolute atomic E-state index is 0.768. The highest BCUT2D eigenvalue weighted by Gasteiger charge is 2.20. The van der Waals surface area contributed by atoms with Crippen molar-refractivity contribution in [2.45, 2.75) is 13.3 Å². The number of hydrogen-bond acceptors (Lipinski definition) is 1. The van der Waals surface area contributed by atoms with Crippen LogP contribution in [0.4, 0.5) is 0 Å². The molecule has 1 aliphatic rings. The first-order valence-electron chi connectivity index (χ1n) is 17.3. The fourth-order valence-corrected chi connectivity index (χ4v) is 7.45. The summed E-state index contributed by atoms with van der Waals surface area (Å²) < 4.78 is 0. The van der Waals surface area contributed by atoms with E-state index in [4.69, 9.17) is 4.99 Å². The Hall–Kier alpha value is -6.31. The van der Waals surface area contributed by atoms with Gasteiger partial charge in [0.2, 0.25) is 0 Å². The molecular weight excluding hydrogens is 603 g/mol. The van der Waals surface area contributed by atoms with Crippen molar-refractivity contribution in [3.8, 4) is 33.4 Å². The molecule has 0 unspecified atom stereocenters. The zero-order valence-corrected chi connectivity index (χ0v) is 28.0. The van der Waals surface area contributed by atoms with E-state index in [1.54, 1.807) is 0 Å². The number of fused-ring (bicyclic) bond motifs is 5. The number of rotatable bonds is 4. The maximum absolute atomic E-state index is 5.40. The van der Waals surface area contributed by atoms with Crippen molar-refractivity contribution in [3.63, 3.8) is 0 Å². The van der Waals surface area contributed by atoms with E-state index in [0.717, 1.165) is 29.0 Å². The maximum Gasteiger partial charge on any atom is 0.0746 e. The standard InChI is InChI=1S/C49H35N/c1-33-45-18-10-11-19-46(45)47-31-43(26-27-44(47)32-48(35-13-4-2-5-14-35)49(50-33)36-15-6-3-7-16-36)42-25-24-40-29-39(22-23-41(40)30-42)38-21-20-34-12-8-9-17-37(34)28-38/h2-31H,32H2,1H3/b49-48+,50-33?. The van der Waals surface area contributed by atoms with E-state index >= 15 is 0 Å². The first-order valence-corrected chi connectivity index (χ1v) is 17.3. The molecule has 0 atom stereocenters. The fraction of sp³-hybridized carbons (Fsp3) is 0.0408. The summed E-state index contributed by atoms with van der Waals surface area (Å²) in [6, 6.07) is 66.1. The van der Waals surface area contributed by atoms with Gasteiger partial charge >= 0.3 is 0 Å². The predicted molar refractivity (Wildman–Crippen MR) is 213 cm³/mol. The Morgan fingerprint density at radius 2 is 0.840 bits per heavy atom. The van der Waals surface area contributed by atoms with Crippen LogP contribution in [0.3, 0.4) is 0 Å². The third-order valence-electron chi connectivity index (χ3n) is 10.1. The highest BCUT2D eigenvalue weighted by Crippen LogP contribution is 2.40. The SMILES string of the molecule is CC1=N/C(c2ccccc2)=C(/c2ccccc2)Cc2ccc(-c3ccc4cc(-c5ccc6ccccc6c5)ccc4c3)cc2-c2ccccc21. The summed E-state index contributed by atoms with van der Waals surface area (Å²) in [4.78, 5) is 5.40. The summed E-state index contributed by atoms with van der Waals surface area (Å²) in [5.41, 5.74) is 15.4. The Morgan fingerprint density at radius 1 is 0.360 bits per heavy atom. The van der Waals surface area contributed by atoms with Crippen molar-refractivity contribution >= 4 is 38.5 Å². The van der Waals surface area contributed by atoms with E-state index in [1.165, 1.54) is 71.6 Å². The van der Waals surface area contributed by atoms with Gasteiger partial charge in [0.15, 0.2) is 0 Å². The van der Waals surface area contributed by atoms with Crippen LogP contribution in [-0.4, -0.2) is 5.71 Å². The summed E-state index contributed by atoms with van der Waals surface area (Å²) in [7, 11) is 0. The number of hydrogen-bond donors (Lipinski definition) is 0. The van der Waals surface area contributed by atoms with Crippen LogP contribution in [0.1, 0.15) is 29.2 Å². The summed E-state index contributed by atoms with van der Waals surface area (Å²) in [6.07, 6.45) is 0.768. The van der Waals surface area contributed by atoms with E-state index in [1.807, 2.05) is 0 Å². The minimum atomic E-state index is 0.768. The molecule has 0 saturated heterocycles. The summed E-state index contributed by atoms with van der Waals surface area (Å²) in [6.45, 7) is 2.15.